The minimum absolute atomic E-state index is 0.183. The first kappa shape index (κ1) is 14.1. The van der Waals surface area contributed by atoms with Crippen molar-refractivity contribution in [1.82, 2.24) is 19.6 Å². The van der Waals surface area contributed by atoms with E-state index < -0.39 is 0 Å². The van der Waals surface area contributed by atoms with Gasteiger partial charge in [-0.15, -0.1) is 0 Å². The van der Waals surface area contributed by atoms with Crippen molar-refractivity contribution in [1.29, 1.82) is 0 Å². The molecule has 1 saturated heterocycles. The molecule has 1 aromatic heterocycles. The summed E-state index contributed by atoms with van der Waals surface area (Å²) in [7, 11) is 0. The molecule has 2 heterocycles. The van der Waals surface area contributed by atoms with Gasteiger partial charge in [0, 0.05) is 31.9 Å². The van der Waals surface area contributed by atoms with Crippen LogP contribution in [0.1, 0.15) is 24.7 Å². The fourth-order valence-electron chi connectivity index (χ4n) is 2.60. The molecular formula is C14H24N4O. The van der Waals surface area contributed by atoms with Gasteiger partial charge in [0.1, 0.15) is 6.54 Å². The van der Waals surface area contributed by atoms with Gasteiger partial charge in [0.25, 0.3) is 0 Å². The average Bonchev–Trinajstić information content (AvgIpc) is 2.69. The van der Waals surface area contributed by atoms with E-state index in [1.54, 1.807) is 4.68 Å². The van der Waals surface area contributed by atoms with Crippen LogP contribution in [0.2, 0.25) is 0 Å². The van der Waals surface area contributed by atoms with Crippen LogP contribution < -0.4 is 0 Å². The molecule has 0 atom stereocenters. The zero-order valence-electron chi connectivity index (χ0n) is 12.2. The minimum Gasteiger partial charge on any atom is -0.339 e. The van der Waals surface area contributed by atoms with Crippen LogP contribution in [0.4, 0.5) is 0 Å². The van der Waals surface area contributed by atoms with E-state index in [4.69, 9.17) is 0 Å². The van der Waals surface area contributed by atoms with Gasteiger partial charge in [-0.25, -0.2) is 0 Å². The molecule has 5 heteroatoms. The molecule has 19 heavy (non-hydrogen) atoms. The summed E-state index contributed by atoms with van der Waals surface area (Å²) in [4.78, 5) is 16.6. The SMILES string of the molecule is CCCN1CCN(C(=O)Cn2nc(C)cc2C)CC1. The van der Waals surface area contributed by atoms with Gasteiger partial charge in [-0.2, -0.15) is 5.10 Å². The minimum atomic E-state index is 0.183. The Bertz CT molecular complexity index is 433. The van der Waals surface area contributed by atoms with Gasteiger partial charge in [-0.1, -0.05) is 6.92 Å². The predicted octanol–water partition coefficient (Wildman–Crippen LogP) is 1.05. The van der Waals surface area contributed by atoms with Crippen molar-refractivity contribution in [2.75, 3.05) is 32.7 Å². The number of hydrogen-bond acceptors (Lipinski definition) is 3. The largest absolute Gasteiger partial charge is 0.339 e. The highest BCUT2D eigenvalue weighted by Crippen LogP contribution is 2.06. The quantitative estimate of drug-likeness (QED) is 0.816. The number of amides is 1. The second kappa shape index (κ2) is 6.19. The van der Waals surface area contributed by atoms with E-state index in [-0.39, 0.29) is 5.91 Å². The van der Waals surface area contributed by atoms with Crippen molar-refractivity contribution in [3.05, 3.63) is 17.5 Å². The lowest BCUT2D eigenvalue weighted by Crippen LogP contribution is -2.49. The molecule has 0 radical (unpaired) electrons. The number of hydrogen-bond donors (Lipinski definition) is 0. The van der Waals surface area contributed by atoms with E-state index in [9.17, 15) is 4.79 Å². The van der Waals surface area contributed by atoms with Gasteiger partial charge >= 0.3 is 0 Å². The molecule has 0 bridgehead atoms. The molecule has 0 aromatic carbocycles. The molecule has 1 fully saturated rings. The number of piperazine rings is 1. The fraction of sp³-hybridized carbons (Fsp3) is 0.714. The Hall–Kier alpha value is -1.36. The second-order valence-electron chi connectivity index (χ2n) is 5.31. The zero-order valence-corrected chi connectivity index (χ0v) is 12.2. The van der Waals surface area contributed by atoms with Gasteiger partial charge in [-0.05, 0) is 32.9 Å². The highest BCUT2D eigenvalue weighted by atomic mass is 16.2. The van der Waals surface area contributed by atoms with Crippen molar-refractivity contribution in [2.24, 2.45) is 0 Å². The van der Waals surface area contributed by atoms with Crippen molar-refractivity contribution in [2.45, 2.75) is 33.7 Å². The summed E-state index contributed by atoms with van der Waals surface area (Å²) in [5, 5.41) is 4.35. The van der Waals surface area contributed by atoms with Crippen molar-refractivity contribution in [3.8, 4) is 0 Å². The third kappa shape index (κ3) is 3.56. The molecule has 5 nitrogen and oxygen atoms in total. The summed E-state index contributed by atoms with van der Waals surface area (Å²) >= 11 is 0. The number of carbonyl (C=O) groups is 1. The molecule has 2 rings (SSSR count). The predicted molar refractivity (Wildman–Crippen MR) is 75.0 cm³/mol. The number of nitrogens with zero attached hydrogens (tertiary/aromatic N) is 4. The summed E-state index contributed by atoms with van der Waals surface area (Å²) < 4.78 is 1.80. The Morgan fingerprint density at radius 2 is 1.95 bits per heavy atom. The first-order valence-corrected chi connectivity index (χ1v) is 7.11. The second-order valence-corrected chi connectivity index (χ2v) is 5.31. The Kier molecular flexibility index (Phi) is 4.58. The molecule has 0 unspecified atom stereocenters. The first-order valence-electron chi connectivity index (χ1n) is 7.11. The Balaban J connectivity index is 1.86. The Morgan fingerprint density at radius 1 is 1.26 bits per heavy atom. The van der Waals surface area contributed by atoms with Gasteiger partial charge in [0.05, 0.1) is 5.69 Å². The standard InChI is InChI=1S/C14H24N4O/c1-4-5-16-6-8-17(9-7-16)14(19)11-18-13(3)10-12(2)15-18/h10H,4-9,11H2,1-3H3. The van der Waals surface area contributed by atoms with Crippen molar-refractivity contribution in [3.63, 3.8) is 0 Å². The maximum absolute atomic E-state index is 12.2. The van der Waals surface area contributed by atoms with E-state index in [1.807, 2.05) is 24.8 Å². The zero-order chi connectivity index (χ0) is 13.8. The Morgan fingerprint density at radius 3 is 2.47 bits per heavy atom. The molecule has 0 saturated carbocycles. The highest BCUT2D eigenvalue weighted by molar-refractivity contribution is 5.76. The fourth-order valence-corrected chi connectivity index (χ4v) is 2.60. The molecule has 1 aliphatic heterocycles. The summed E-state index contributed by atoms with van der Waals surface area (Å²) in [5.41, 5.74) is 2.02. The molecule has 1 aromatic rings. The number of rotatable bonds is 4. The van der Waals surface area contributed by atoms with Crippen molar-refractivity contribution < 1.29 is 4.79 Å². The van der Waals surface area contributed by atoms with Crippen LogP contribution in [0.15, 0.2) is 6.07 Å². The van der Waals surface area contributed by atoms with Gasteiger partial charge in [0.2, 0.25) is 5.91 Å². The third-order valence-electron chi connectivity index (χ3n) is 3.65. The normalized spacial score (nSPS) is 16.9. The number of aromatic nitrogens is 2. The third-order valence-corrected chi connectivity index (χ3v) is 3.65. The van der Waals surface area contributed by atoms with Gasteiger partial charge in [0.15, 0.2) is 0 Å². The van der Waals surface area contributed by atoms with Crippen LogP contribution in [-0.2, 0) is 11.3 Å². The highest BCUT2D eigenvalue weighted by Gasteiger charge is 2.21. The van der Waals surface area contributed by atoms with Crippen LogP contribution in [-0.4, -0.2) is 58.2 Å². The average molecular weight is 264 g/mol. The van der Waals surface area contributed by atoms with Crippen LogP contribution in [0.25, 0.3) is 0 Å². The first-order chi connectivity index (χ1) is 9.10. The lowest BCUT2D eigenvalue weighted by atomic mass is 10.3. The van der Waals surface area contributed by atoms with E-state index in [0.717, 1.165) is 44.1 Å². The Labute approximate surface area is 115 Å². The summed E-state index contributed by atoms with van der Waals surface area (Å²) in [6.45, 7) is 11.3. The summed E-state index contributed by atoms with van der Waals surface area (Å²) in [6, 6.07) is 2.01. The van der Waals surface area contributed by atoms with Crippen LogP contribution >= 0.6 is 0 Å². The molecular weight excluding hydrogens is 240 g/mol. The monoisotopic (exact) mass is 264 g/mol. The van der Waals surface area contributed by atoms with E-state index in [0.29, 0.717) is 6.54 Å². The molecule has 0 aliphatic carbocycles. The molecule has 1 aliphatic rings. The number of carbonyl (C=O) groups excluding carboxylic acids is 1. The van der Waals surface area contributed by atoms with Crippen LogP contribution in [0.5, 0.6) is 0 Å². The van der Waals surface area contributed by atoms with Crippen LogP contribution in [0.3, 0.4) is 0 Å². The van der Waals surface area contributed by atoms with E-state index in [1.165, 1.54) is 6.42 Å². The molecule has 0 spiro atoms. The maximum atomic E-state index is 12.2. The molecule has 106 valence electrons. The van der Waals surface area contributed by atoms with E-state index >= 15 is 0 Å². The van der Waals surface area contributed by atoms with Crippen molar-refractivity contribution >= 4 is 5.91 Å². The van der Waals surface area contributed by atoms with Gasteiger partial charge in [-0.3, -0.25) is 14.4 Å². The molecule has 1 amide bonds. The smallest absolute Gasteiger partial charge is 0.244 e. The van der Waals surface area contributed by atoms with E-state index in [2.05, 4.69) is 16.9 Å². The lowest BCUT2D eigenvalue weighted by molar-refractivity contribution is -0.133. The summed E-state index contributed by atoms with van der Waals surface area (Å²) in [6.07, 6.45) is 1.18. The lowest BCUT2D eigenvalue weighted by Gasteiger charge is -2.34. The molecule has 0 N–H and O–H groups in total. The topological polar surface area (TPSA) is 41.4 Å². The maximum Gasteiger partial charge on any atom is 0.244 e. The summed E-state index contributed by atoms with van der Waals surface area (Å²) in [5.74, 6) is 0.183. The van der Waals surface area contributed by atoms with Gasteiger partial charge < -0.3 is 4.90 Å². The van der Waals surface area contributed by atoms with Crippen LogP contribution in [0, 0.1) is 13.8 Å². The number of aryl methyl sites for hydroxylation is 2.